The molecule has 56 valence electrons. The van der Waals surface area contributed by atoms with E-state index < -0.39 is 0 Å². The second kappa shape index (κ2) is 2.73. The van der Waals surface area contributed by atoms with Crippen LogP contribution >= 0.6 is 0 Å². The van der Waals surface area contributed by atoms with Crippen LogP contribution in [0.15, 0.2) is 17.3 Å². The Labute approximate surface area is 60.5 Å². The van der Waals surface area contributed by atoms with Crippen molar-refractivity contribution in [2.75, 3.05) is 6.54 Å². The standard InChI is InChI=1S/C7H12N2O/c1-5(10)7-3-4-8-6(2)9-7/h7,10H,1,3-4H2,2H3,(H,8,9). The van der Waals surface area contributed by atoms with Gasteiger partial charge in [-0.3, -0.25) is 4.99 Å². The Morgan fingerprint density at radius 3 is 3.00 bits per heavy atom. The molecule has 0 radical (unpaired) electrons. The van der Waals surface area contributed by atoms with Gasteiger partial charge in [0.2, 0.25) is 0 Å². The van der Waals surface area contributed by atoms with Gasteiger partial charge in [-0.1, -0.05) is 6.58 Å². The summed E-state index contributed by atoms with van der Waals surface area (Å²) in [5, 5.41) is 12.0. The van der Waals surface area contributed by atoms with Crippen LogP contribution in [0.1, 0.15) is 13.3 Å². The van der Waals surface area contributed by atoms with Crippen LogP contribution in [0.25, 0.3) is 0 Å². The van der Waals surface area contributed by atoms with E-state index in [4.69, 9.17) is 5.11 Å². The number of rotatable bonds is 1. The Bertz CT molecular complexity index is 174. The third kappa shape index (κ3) is 1.50. The van der Waals surface area contributed by atoms with E-state index in [1.807, 2.05) is 6.92 Å². The minimum Gasteiger partial charge on any atom is -0.511 e. The van der Waals surface area contributed by atoms with Crippen LogP contribution in [0.5, 0.6) is 0 Å². The van der Waals surface area contributed by atoms with Crippen molar-refractivity contribution in [1.29, 1.82) is 0 Å². The Hall–Kier alpha value is -0.990. The fourth-order valence-electron chi connectivity index (χ4n) is 0.981. The van der Waals surface area contributed by atoms with Gasteiger partial charge in [-0.25, -0.2) is 0 Å². The van der Waals surface area contributed by atoms with Crippen LogP contribution in [0, 0.1) is 0 Å². The molecule has 0 aromatic rings. The molecular formula is C7H12N2O. The second-order valence-corrected chi connectivity index (χ2v) is 2.44. The molecule has 0 aromatic carbocycles. The third-order valence-electron chi connectivity index (χ3n) is 1.55. The molecule has 3 heteroatoms. The van der Waals surface area contributed by atoms with Crippen LogP contribution in [-0.2, 0) is 0 Å². The first-order valence-electron chi connectivity index (χ1n) is 3.35. The van der Waals surface area contributed by atoms with Gasteiger partial charge in [0.25, 0.3) is 0 Å². The lowest BCUT2D eigenvalue weighted by Crippen LogP contribution is -2.38. The predicted octanol–water partition coefficient (Wildman–Crippen LogP) is 0.838. The van der Waals surface area contributed by atoms with Crippen LogP contribution in [-0.4, -0.2) is 23.5 Å². The lowest BCUT2D eigenvalue weighted by atomic mass is 10.1. The molecule has 0 aliphatic carbocycles. The maximum Gasteiger partial charge on any atom is 0.107 e. The lowest BCUT2D eigenvalue weighted by Gasteiger charge is -2.21. The average Bonchev–Trinajstić information content (AvgIpc) is 1.88. The first-order chi connectivity index (χ1) is 4.70. The molecule has 1 unspecified atom stereocenters. The molecule has 1 heterocycles. The quantitative estimate of drug-likeness (QED) is 0.530. The van der Waals surface area contributed by atoms with Crippen molar-refractivity contribution < 1.29 is 5.11 Å². The van der Waals surface area contributed by atoms with Gasteiger partial charge in [-0.15, -0.1) is 0 Å². The lowest BCUT2D eigenvalue weighted by molar-refractivity contribution is 0.347. The maximum atomic E-state index is 8.98. The van der Waals surface area contributed by atoms with Crippen molar-refractivity contribution in [2.24, 2.45) is 4.99 Å². The number of aliphatic imine (C=N–C) groups is 1. The van der Waals surface area contributed by atoms with E-state index in [1.165, 1.54) is 0 Å². The molecular weight excluding hydrogens is 128 g/mol. The zero-order chi connectivity index (χ0) is 7.56. The molecule has 0 spiro atoms. The normalized spacial score (nSPS) is 24.9. The zero-order valence-electron chi connectivity index (χ0n) is 6.09. The first kappa shape index (κ1) is 7.12. The second-order valence-electron chi connectivity index (χ2n) is 2.44. The largest absolute Gasteiger partial charge is 0.511 e. The molecule has 1 aliphatic rings. The molecule has 0 saturated heterocycles. The van der Waals surface area contributed by atoms with E-state index in [-0.39, 0.29) is 11.8 Å². The summed E-state index contributed by atoms with van der Waals surface area (Å²) >= 11 is 0. The summed E-state index contributed by atoms with van der Waals surface area (Å²) in [4.78, 5) is 4.12. The van der Waals surface area contributed by atoms with E-state index in [9.17, 15) is 0 Å². The summed E-state index contributed by atoms with van der Waals surface area (Å²) in [5.74, 6) is 1.08. The SMILES string of the molecule is C=C(O)C1CCN=C(C)N1. The van der Waals surface area contributed by atoms with Gasteiger partial charge in [-0.2, -0.15) is 0 Å². The van der Waals surface area contributed by atoms with Crippen molar-refractivity contribution in [2.45, 2.75) is 19.4 Å². The predicted molar refractivity (Wildman–Crippen MR) is 41.3 cm³/mol. The molecule has 0 bridgehead atoms. The Morgan fingerprint density at radius 2 is 2.60 bits per heavy atom. The molecule has 1 rings (SSSR count). The average molecular weight is 140 g/mol. The summed E-state index contributed by atoms with van der Waals surface area (Å²) < 4.78 is 0. The van der Waals surface area contributed by atoms with Gasteiger partial charge in [0.05, 0.1) is 11.9 Å². The minimum absolute atomic E-state index is 0.0116. The Morgan fingerprint density at radius 1 is 1.90 bits per heavy atom. The summed E-state index contributed by atoms with van der Waals surface area (Å²) in [5.41, 5.74) is 0. The van der Waals surface area contributed by atoms with Crippen molar-refractivity contribution in [3.8, 4) is 0 Å². The van der Waals surface area contributed by atoms with Crippen molar-refractivity contribution in [3.05, 3.63) is 12.3 Å². The van der Waals surface area contributed by atoms with Crippen LogP contribution in [0.2, 0.25) is 0 Å². The van der Waals surface area contributed by atoms with E-state index in [1.54, 1.807) is 0 Å². The number of amidine groups is 1. The van der Waals surface area contributed by atoms with Gasteiger partial charge in [0, 0.05) is 6.54 Å². The van der Waals surface area contributed by atoms with Gasteiger partial charge >= 0.3 is 0 Å². The molecule has 1 atom stereocenters. The number of hydrogen-bond donors (Lipinski definition) is 2. The number of nitrogens with zero attached hydrogens (tertiary/aromatic N) is 1. The van der Waals surface area contributed by atoms with E-state index >= 15 is 0 Å². The molecule has 0 fully saturated rings. The highest BCUT2D eigenvalue weighted by Crippen LogP contribution is 2.05. The highest BCUT2D eigenvalue weighted by atomic mass is 16.3. The third-order valence-corrected chi connectivity index (χ3v) is 1.55. The molecule has 1 aliphatic heterocycles. The molecule has 0 aromatic heterocycles. The Kier molecular flexibility index (Phi) is 1.94. The van der Waals surface area contributed by atoms with Crippen LogP contribution in [0.3, 0.4) is 0 Å². The minimum atomic E-state index is 0.0116. The van der Waals surface area contributed by atoms with E-state index in [0.717, 1.165) is 18.8 Å². The molecule has 10 heavy (non-hydrogen) atoms. The summed E-state index contributed by atoms with van der Waals surface area (Å²) in [7, 11) is 0. The van der Waals surface area contributed by atoms with Crippen molar-refractivity contribution in [1.82, 2.24) is 5.32 Å². The summed E-state index contributed by atoms with van der Waals surface area (Å²) in [6.45, 7) is 6.12. The fraction of sp³-hybridized carbons (Fsp3) is 0.571. The Balaban J connectivity index is 2.53. The maximum absolute atomic E-state index is 8.98. The smallest absolute Gasteiger partial charge is 0.107 e. The first-order valence-corrected chi connectivity index (χ1v) is 3.35. The highest BCUT2D eigenvalue weighted by Gasteiger charge is 2.14. The van der Waals surface area contributed by atoms with Gasteiger partial charge in [-0.05, 0) is 13.3 Å². The molecule has 3 nitrogen and oxygen atoms in total. The van der Waals surface area contributed by atoms with E-state index in [0.29, 0.717) is 0 Å². The molecule has 0 amide bonds. The molecule has 2 N–H and O–H groups in total. The molecule has 0 saturated carbocycles. The van der Waals surface area contributed by atoms with Gasteiger partial charge in [0.15, 0.2) is 0 Å². The van der Waals surface area contributed by atoms with Crippen molar-refractivity contribution >= 4 is 5.84 Å². The number of aliphatic hydroxyl groups is 1. The van der Waals surface area contributed by atoms with Gasteiger partial charge in [0.1, 0.15) is 5.76 Å². The monoisotopic (exact) mass is 140 g/mol. The highest BCUT2D eigenvalue weighted by molar-refractivity contribution is 5.80. The zero-order valence-corrected chi connectivity index (χ0v) is 6.09. The number of aliphatic hydroxyl groups excluding tert-OH is 1. The topological polar surface area (TPSA) is 44.6 Å². The number of nitrogens with one attached hydrogen (secondary N) is 1. The number of hydrogen-bond acceptors (Lipinski definition) is 3. The van der Waals surface area contributed by atoms with E-state index in [2.05, 4.69) is 16.9 Å². The van der Waals surface area contributed by atoms with Crippen LogP contribution < -0.4 is 5.32 Å². The fourth-order valence-corrected chi connectivity index (χ4v) is 0.981. The summed E-state index contributed by atoms with van der Waals surface area (Å²) in [6.07, 6.45) is 0.840. The van der Waals surface area contributed by atoms with Crippen molar-refractivity contribution in [3.63, 3.8) is 0 Å². The van der Waals surface area contributed by atoms with Crippen LogP contribution in [0.4, 0.5) is 0 Å². The summed E-state index contributed by atoms with van der Waals surface area (Å²) in [6, 6.07) is 0.0116. The van der Waals surface area contributed by atoms with Gasteiger partial charge < -0.3 is 10.4 Å².